The molecule has 17 heavy (non-hydrogen) atoms. The summed E-state index contributed by atoms with van der Waals surface area (Å²) >= 11 is 0. The van der Waals surface area contributed by atoms with Crippen molar-refractivity contribution < 1.29 is 5.11 Å². The van der Waals surface area contributed by atoms with E-state index in [0.29, 0.717) is 0 Å². The minimum Gasteiger partial charge on any atom is -0.393 e. The number of rotatable bonds is 3. The van der Waals surface area contributed by atoms with Crippen LogP contribution < -0.4 is 0 Å². The zero-order valence-electron chi connectivity index (χ0n) is 12.0. The second kappa shape index (κ2) is 4.81. The number of hydrogen-bond acceptors (Lipinski definition) is 1. The Labute approximate surface area is 106 Å². The van der Waals surface area contributed by atoms with Crippen molar-refractivity contribution in [3.8, 4) is 0 Å². The Morgan fingerprint density at radius 2 is 1.47 bits per heavy atom. The maximum Gasteiger partial charge on any atom is 0.0520 e. The van der Waals surface area contributed by atoms with Gasteiger partial charge in [-0.1, -0.05) is 58.9 Å². The van der Waals surface area contributed by atoms with Crippen LogP contribution in [0, 0.1) is 0 Å². The number of aliphatic hydroxyl groups excluding tert-OH is 1. The molecule has 1 unspecified atom stereocenters. The van der Waals surface area contributed by atoms with Crippen LogP contribution in [0.5, 0.6) is 0 Å². The molecule has 0 radical (unpaired) electrons. The fraction of sp³-hybridized carbons (Fsp3) is 0.625. The summed E-state index contributed by atoms with van der Waals surface area (Å²) in [6.07, 6.45) is 0.526. The molecule has 1 aromatic carbocycles. The largest absolute Gasteiger partial charge is 0.393 e. The van der Waals surface area contributed by atoms with E-state index in [9.17, 15) is 5.11 Å². The van der Waals surface area contributed by atoms with Gasteiger partial charge in [0.25, 0.3) is 0 Å². The lowest BCUT2D eigenvalue weighted by Crippen LogP contribution is -2.27. The zero-order chi connectivity index (χ0) is 13.3. The van der Waals surface area contributed by atoms with Gasteiger partial charge in [-0.2, -0.15) is 0 Å². The molecule has 0 aliphatic heterocycles. The molecule has 0 aromatic heterocycles. The molecular weight excluding hydrogens is 208 g/mol. The highest BCUT2D eigenvalue weighted by molar-refractivity contribution is 5.37. The summed E-state index contributed by atoms with van der Waals surface area (Å²) in [6, 6.07) is 8.60. The van der Waals surface area contributed by atoms with Gasteiger partial charge in [0.1, 0.15) is 0 Å². The van der Waals surface area contributed by atoms with Crippen LogP contribution in [-0.4, -0.2) is 11.2 Å². The Morgan fingerprint density at radius 1 is 1.00 bits per heavy atom. The first kappa shape index (κ1) is 14.2. The molecule has 0 spiro atoms. The van der Waals surface area contributed by atoms with E-state index in [1.165, 1.54) is 11.1 Å². The van der Waals surface area contributed by atoms with Crippen molar-refractivity contribution in [3.63, 3.8) is 0 Å². The molecule has 0 aliphatic carbocycles. The normalized spacial score (nSPS) is 14.8. The van der Waals surface area contributed by atoms with Gasteiger partial charge in [-0.15, -0.1) is 0 Å². The van der Waals surface area contributed by atoms with Gasteiger partial charge in [0.2, 0.25) is 0 Å². The van der Waals surface area contributed by atoms with Crippen molar-refractivity contribution in [3.05, 3.63) is 35.4 Å². The topological polar surface area (TPSA) is 20.2 Å². The fourth-order valence-corrected chi connectivity index (χ4v) is 2.58. The smallest absolute Gasteiger partial charge is 0.0520 e. The van der Waals surface area contributed by atoms with Gasteiger partial charge < -0.3 is 5.11 Å². The molecule has 0 fully saturated rings. The molecule has 0 aliphatic rings. The van der Waals surface area contributed by atoms with Crippen molar-refractivity contribution in [1.82, 2.24) is 0 Å². The summed E-state index contributed by atoms with van der Waals surface area (Å²) in [5.74, 6) is 0. The summed E-state index contributed by atoms with van der Waals surface area (Å²) in [6.45, 7) is 13.0. The van der Waals surface area contributed by atoms with Crippen LogP contribution in [0.25, 0.3) is 0 Å². The summed E-state index contributed by atoms with van der Waals surface area (Å²) < 4.78 is 0. The van der Waals surface area contributed by atoms with E-state index in [-0.39, 0.29) is 16.9 Å². The first-order valence-corrected chi connectivity index (χ1v) is 6.42. The first-order chi connectivity index (χ1) is 7.64. The van der Waals surface area contributed by atoms with Crippen molar-refractivity contribution in [2.45, 2.75) is 64.9 Å². The van der Waals surface area contributed by atoms with Gasteiger partial charge >= 0.3 is 0 Å². The molecule has 0 saturated heterocycles. The Hall–Kier alpha value is -0.820. The van der Waals surface area contributed by atoms with Gasteiger partial charge in [0.05, 0.1) is 6.10 Å². The van der Waals surface area contributed by atoms with E-state index in [2.05, 4.69) is 58.9 Å². The molecule has 0 saturated carbocycles. The van der Waals surface area contributed by atoms with E-state index < -0.39 is 0 Å². The first-order valence-electron chi connectivity index (χ1n) is 6.42. The third kappa shape index (κ3) is 3.57. The van der Waals surface area contributed by atoms with Gasteiger partial charge in [-0.3, -0.25) is 0 Å². The maximum atomic E-state index is 9.64. The third-order valence-electron chi connectivity index (χ3n) is 3.27. The van der Waals surface area contributed by atoms with E-state index in [1.54, 1.807) is 0 Å². The Kier molecular flexibility index (Phi) is 4.03. The predicted octanol–water partition coefficient (Wildman–Crippen LogP) is 4.03. The Bertz CT molecular complexity index is 369. The standard InChI is InChI=1S/C16H26O/c1-12(17)11-16(5,6)14-10-8-7-9-13(14)15(2,3)4/h7-10,12,17H,11H2,1-6H3. The lowest BCUT2D eigenvalue weighted by molar-refractivity contribution is 0.156. The molecule has 1 heteroatoms. The molecule has 0 bridgehead atoms. The number of aliphatic hydroxyl groups is 1. The lowest BCUT2D eigenvalue weighted by atomic mass is 9.72. The van der Waals surface area contributed by atoms with Crippen LogP contribution in [0.4, 0.5) is 0 Å². The highest BCUT2D eigenvalue weighted by Gasteiger charge is 2.28. The van der Waals surface area contributed by atoms with Gasteiger partial charge in [-0.05, 0) is 35.3 Å². The highest BCUT2D eigenvalue weighted by atomic mass is 16.3. The second-order valence-electron chi connectivity index (χ2n) is 6.73. The molecule has 1 N–H and O–H groups in total. The van der Waals surface area contributed by atoms with E-state index in [1.807, 2.05) is 6.92 Å². The van der Waals surface area contributed by atoms with Crippen LogP contribution in [0.15, 0.2) is 24.3 Å². The predicted molar refractivity (Wildman–Crippen MR) is 74.5 cm³/mol. The minimum atomic E-state index is -0.266. The molecule has 1 aromatic rings. The quantitative estimate of drug-likeness (QED) is 0.837. The van der Waals surface area contributed by atoms with E-state index in [4.69, 9.17) is 0 Å². The monoisotopic (exact) mass is 234 g/mol. The SMILES string of the molecule is CC(O)CC(C)(C)c1ccccc1C(C)(C)C. The van der Waals surface area contributed by atoms with Crippen molar-refractivity contribution in [1.29, 1.82) is 0 Å². The third-order valence-corrected chi connectivity index (χ3v) is 3.27. The van der Waals surface area contributed by atoms with Crippen molar-refractivity contribution in [2.24, 2.45) is 0 Å². The number of hydrogen-bond donors (Lipinski definition) is 1. The van der Waals surface area contributed by atoms with Crippen LogP contribution in [0.2, 0.25) is 0 Å². The van der Waals surface area contributed by atoms with Crippen molar-refractivity contribution in [2.75, 3.05) is 0 Å². The Morgan fingerprint density at radius 3 is 1.88 bits per heavy atom. The van der Waals surface area contributed by atoms with Gasteiger partial charge in [0.15, 0.2) is 0 Å². The van der Waals surface area contributed by atoms with Crippen LogP contribution in [0.1, 0.15) is 59.1 Å². The summed E-state index contributed by atoms with van der Waals surface area (Å²) in [4.78, 5) is 0. The minimum absolute atomic E-state index is 0.0119. The summed E-state index contributed by atoms with van der Waals surface area (Å²) in [5, 5.41) is 9.64. The molecule has 96 valence electrons. The van der Waals surface area contributed by atoms with Gasteiger partial charge in [0, 0.05) is 0 Å². The fourth-order valence-electron chi connectivity index (χ4n) is 2.58. The summed E-state index contributed by atoms with van der Waals surface area (Å²) in [5.41, 5.74) is 2.89. The molecule has 0 amide bonds. The van der Waals surface area contributed by atoms with Crippen LogP contribution in [-0.2, 0) is 10.8 Å². The second-order valence-corrected chi connectivity index (χ2v) is 6.73. The zero-order valence-corrected chi connectivity index (χ0v) is 12.0. The molecule has 1 rings (SSSR count). The van der Waals surface area contributed by atoms with Crippen molar-refractivity contribution >= 4 is 0 Å². The lowest BCUT2D eigenvalue weighted by Gasteiger charge is -2.33. The summed E-state index contributed by atoms with van der Waals surface area (Å²) in [7, 11) is 0. The van der Waals surface area contributed by atoms with Crippen LogP contribution in [0.3, 0.4) is 0 Å². The average Bonchev–Trinajstić information content (AvgIpc) is 2.14. The van der Waals surface area contributed by atoms with Gasteiger partial charge in [-0.25, -0.2) is 0 Å². The Balaban J connectivity index is 3.22. The van der Waals surface area contributed by atoms with E-state index in [0.717, 1.165) is 6.42 Å². The molecule has 0 heterocycles. The molecule has 1 nitrogen and oxygen atoms in total. The highest BCUT2D eigenvalue weighted by Crippen LogP contribution is 2.36. The molecular formula is C16H26O. The van der Waals surface area contributed by atoms with Crippen LogP contribution >= 0.6 is 0 Å². The number of benzene rings is 1. The average molecular weight is 234 g/mol. The van der Waals surface area contributed by atoms with E-state index >= 15 is 0 Å². The molecule has 1 atom stereocenters. The maximum absolute atomic E-state index is 9.64.